The fourth-order valence-corrected chi connectivity index (χ4v) is 5.53. The Morgan fingerprint density at radius 1 is 1.30 bits per heavy atom. The molecule has 0 amide bonds. The smallest absolute Gasteiger partial charge is 0.268 e. The number of benzene rings is 1. The number of nitrogens with zero attached hydrogens (tertiary/aromatic N) is 2. The van der Waals surface area contributed by atoms with Crippen LogP contribution in [0.25, 0.3) is 11.0 Å². The molecule has 4 N–H and O–H groups in total. The highest BCUT2D eigenvalue weighted by atomic mass is 32.2. The predicted octanol–water partition coefficient (Wildman–Crippen LogP) is 2.92. The number of pyridine rings is 1. The van der Waals surface area contributed by atoms with E-state index in [0.29, 0.717) is 22.6 Å². The Bertz CT molecular complexity index is 1100. The molecule has 1 aliphatic carbocycles. The number of rotatable bonds is 4. The average molecular weight is 385 g/mol. The van der Waals surface area contributed by atoms with E-state index in [1.807, 2.05) is 0 Å². The first-order valence-corrected chi connectivity index (χ1v) is 10.6. The van der Waals surface area contributed by atoms with Crippen LogP contribution in [-0.2, 0) is 16.4 Å². The van der Waals surface area contributed by atoms with Crippen molar-refractivity contribution in [2.24, 2.45) is 11.7 Å². The lowest BCUT2D eigenvalue weighted by atomic mass is 9.85. The molecule has 2 heterocycles. The maximum absolute atomic E-state index is 13.2. The van der Waals surface area contributed by atoms with Crippen LogP contribution in [0.1, 0.15) is 31.7 Å². The molecule has 0 radical (unpaired) electrons. The van der Waals surface area contributed by atoms with Gasteiger partial charge in [-0.05, 0) is 68.0 Å². The van der Waals surface area contributed by atoms with Gasteiger partial charge in [0.1, 0.15) is 0 Å². The summed E-state index contributed by atoms with van der Waals surface area (Å²) < 4.78 is 27.8. The van der Waals surface area contributed by atoms with Crippen molar-refractivity contribution < 1.29 is 8.42 Å². The van der Waals surface area contributed by atoms with E-state index in [1.54, 1.807) is 42.7 Å². The van der Waals surface area contributed by atoms with Crippen LogP contribution in [0.5, 0.6) is 0 Å². The Balaban J connectivity index is 1.83. The van der Waals surface area contributed by atoms with Gasteiger partial charge in [0.05, 0.1) is 15.9 Å². The Labute approximate surface area is 159 Å². The number of hydrogen-bond acceptors (Lipinski definition) is 5. The van der Waals surface area contributed by atoms with Gasteiger partial charge in [-0.2, -0.15) is 0 Å². The largest absolute Gasteiger partial charge is 0.399 e. The summed E-state index contributed by atoms with van der Waals surface area (Å²) >= 11 is 0. The minimum atomic E-state index is -3.76. The molecule has 3 aromatic rings. The second-order valence-electron chi connectivity index (χ2n) is 7.70. The molecule has 1 aromatic carbocycles. The second kappa shape index (κ2) is 6.35. The lowest BCUT2D eigenvalue weighted by Gasteiger charge is -2.26. The molecular formula is C20H24N4O2S. The van der Waals surface area contributed by atoms with E-state index in [1.165, 1.54) is 10.0 Å². The molecule has 1 saturated carbocycles. The molecule has 0 saturated heterocycles. The number of fused-ring (bicyclic) bond motifs is 1. The molecule has 7 heteroatoms. The first-order chi connectivity index (χ1) is 12.8. The molecule has 1 unspecified atom stereocenters. The third-order valence-corrected chi connectivity index (χ3v) is 7.35. The molecule has 27 heavy (non-hydrogen) atoms. The van der Waals surface area contributed by atoms with Crippen LogP contribution in [0.4, 0.5) is 5.69 Å². The monoisotopic (exact) mass is 384 g/mol. The highest BCUT2D eigenvalue weighted by Gasteiger charge is 2.36. The van der Waals surface area contributed by atoms with Crippen LogP contribution >= 0.6 is 0 Å². The summed E-state index contributed by atoms with van der Waals surface area (Å²) in [6.07, 6.45) is 7.26. The zero-order valence-electron chi connectivity index (χ0n) is 15.3. The molecular weight excluding hydrogens is 360 g/mol. The quantitative estimate of drug-likeness (QED) is 0.673. The van der Waals surface area contributed by atoms with Crippen LogP contribution in [0, 0.1) is 5.92 Å². The van der Waals surface area contributed by atoms with Crippen LogP contribution in [0.3, 0.4) is 0 Å². The van der Waals surface area contributed by atoms with E-state index >= 15 is 0 Å². The van der Waals surface area contributed by atoms with Crippen molar-refractivity contribution >= 4 is 26.7 Å². The highest BCUT2D eigenvalue weighted by Crippen LogP contribution is 2.37. The Hall–Kier alpha value is -2.38. The van der Waals surface area contributed by atoms with Gasteiger partial charge >= 0.3 is 0 Å². The minimum Gasteiger partial charge on any atom is -0.399 e. The fraction of sp³-hybridized carbons (Fsp3) is 0.350. The predicted molar refractivity (Wildman–Crippen MR) is 107 cm³/mol. The Morgan fingerprint density at radius 3 is 2.81 bits per heavy atom. The molecule has 2 atom stereocenters. The summed E-state index contributed by atoms with van der Waals surface area (Å²) in [5.74, 6) is 0.314. The van der Waals surface area contributed by atoms with Gasteiger partial charge in [-0.3, -0.25) is 4.98 Å². The van der Waals surface area contributed by atoms with Crippen molar-refractivity contribution in [3.63, 3.8) is 0 Å². The molecule has 0 spiro atoms. The molecule has 0 aliphatic heterocycles. The van der Waals surface area contributed by atoms with Gasteiger partial charge in [-0.15, -0.1) is 0 Å². The van der Waals surface area contributed by atoms with Crippen LogP contribution in [-0.4, -0.2) is 22.9 Å². The number of anilines is 1. The molecule has 2 aromatic heterocycles. The van der Waals surface area contributed by atoms with Crippen molar-refractivity contribution in [1.82, 2.24) is 8.96 Å². The molecule has 1 aliphatic rings. The normalized spacial score (nSPS) is 23.1. The summed E-state index contributed by atoms with van der Waals surface area (Å²) in [5.41, 5.74) is 14.6. The molecule has 4 rings (SSSR count). The van der Waals surface area contributed by atoms with Gasteiger partial charge in [-0.25, -0.2) is 12.4 Å². The first kappa shape index (κ1) is 18.0. The van der Waals surface area contributed by atoms with Crippen LogP contribution < -0.4 is 11.5 Å². The molecule has 142 valence electrons. The van der Waals surface area contributed by atoms with E-state index < -0.39 is 10.0 Å². The third-order valence-electron chi connectivity index (χ3n) is 5.68. The van der Waals surface area contributed by atoms with Crippen LogP contribution in [0.15, 0.2) is 53.7 Å². The summed E-state index contributed by atoms with van der Waals surface area (Å²) in [4.78, 5) is 4.63. The van der Waals surface area contributed by atoms with Gasteiger partial charge in [0.2, 0.25) is 0 Å². The third kappa shape index (κ3) is 3.11. The van der Waals surface area contributed by atoms with E-state index in [-0.39, 0.29) is 10.4 Å². The van der Waals surface area contributed by atoms with Crippen molar-refractivity contribution in [3.05, 3.63) is 54.4 Å². The SMILES string of the molecule is CC1(N)CCC[C@H]1Cc1cn(S(=O)(=O)c2cccc(N)c2)c2cccnc12. The molecule has 6 nitrogen and oxygen atoms in total. The first-order valence-electron chi connectivity index (χ1n) is 9.14. The summed E-state index contributed by atoms with van der Waals surface area (Å²) in [6.45, 7) is 2.08. The van der Waals surface area contributed by atoms with E-state index in [9.17, 15) is 8.42 Å². The van der Waals surface area contributed by atoms with Gasteiger partial charge in [0.25, 0.3) is 10.0 Å². The van der Waals surface area contributed by atoms with Gasteiger partial charge < -0.3 is 11.5 Å². The van der Waals surface area contributed by atoms with E-state index in [0.717, 1.165) is 31.2 Å². The Kier molecular flexibility index (Phi) is 4.24. The average Bonchev–Trinajstić information content (AvgIpc) is 3.16. The summed E-state index contributed by atoms with van der Waals surface area (Å²) in [7, 11) is -3.76. The zero-order valence-corrected chi connectivity index (χ0v) is 16.1. The lowest BCUT2D eigenvalue weighted by Crippen LogP contribution is -2.40. The minimum absolute atomic E-state index is 0.166. The van der Waals surface area contributed by atoms with Crippen molar-refractivity contribution in [1.29, 1.82) is 0 Å². The zero-order chi connectivity index (χ0) is 19.2. The van der Waals surface area contributed by atoms with Gasteiger partial charge in [-0.1, -0.05) is 12.5 Å². The van der Waals surface area contributed by atoms with Crippen molar-refractivity contribution in [3.8, 4) is 0 Å². The van der Waals surface area contributed by atoms with E-state index in [4.69, 9.17) is 11.5 Å². The second-order valence-corrected chi connectivity index (χ2v) is 9.51. The maximum Gasteiger partial charge on any atom is 0.268 e. The van der Waals surface area contributed by atoms with Crippen LogP contribution in [0.2, 0.25) is 0 Å². The summed E-state index contributed by atoms with van der Waals surface area (Å²) in [5, 5.41) is 0. The van der Waals surface area contributed by atoms with E-state index in [2.05, 4.69) is 11.9 Å². The lowest BCUT2D eigenvalue weighted by molar-refractivity contribution is 0.345. The molecule has 0 bridgehead atoms. The van der Waals surface area contributed by atoms with Crippen molar-refractivity contribution in [2.75, 3.05) is 5.73 Å². The number of nitrogens with two attached hydrogens (primary N) is 2. The standard InChI is InChI=1S/C20H24N4O2S/c1-20(22)9-3-5-15(20)11-14-13-24(18-8-4-10-23-19(14)18)27(25,26)17-7-2-6-16(21)12-17/h2,4,6-8,10,12-13,15H,3,5,9,11,21-22H2,1H3/t15-,20?/m0/s1. The highest BCUT2D eigenvalue weighted by molar-refractivity contribution is 7.90. The summed E-state index contributed by atoms with van der Waals surface area (Å²) in [6, 6.07) is 9.88. The molecule has 1 fully saturated rings. The Morgan fingerprint density at radius 2 is 2.11 bits per heavy atom. The van der Waals surface area contributed by atoms with Gasteiger partial charge in [0, 0.05) is 23.6 Å². The maximum atomic E-state index is 13.2. The topological polar surface area (TPSA) is 104 Å². The van der Waals surface area contributed by atoms with Crippen molar-refractivity contribution in [2.45, 2.75) is 43.0 Å². The number of hydrogen-bond donors (Lipinski definition) is 2. The van der Waals surface area contributed by atoms with Gasteiger partial charge in [0.15, 0.2) is 0 Å². The fourth-order valence-electron chi connectivity index (χ4n) is 4.09. The number of aromatic nitrogens is 2. The number of nitrogen functional groups attached to an aromatic ring is 1.